The van der Waals surface area contributed by atoms with Gasteiger partial charge < -0.3 is 19.7 Å². The lowest BCUT2D eigenvalue weighted by atomic mass is 9.38. The summed E-state index contributed by atoms with van der Waals surface area (Å²) < 4.78 is 11.3. The second-order valence-corrected chi connectivity index (χ2v) is 13.8. The topological polar surface area (TPSA) is 93.1 Å². The first-order valence-electron chi connectivity index (χ1n) is 15.4. The molecular weight excluding hydrogens is 480 g/mol. The quantitative estimate of drug-likeness (QED) is 0.347. The zero-order valence-electron chi connectivity index (χ0n) is 24.5. The van der Waals surface area contributed by atoms with Gasteiger partial charge in [-0.3, -0.25) is 4.79 Å². The molecule has 0 bridgehead atoms. The van der Waals surface area contributed by atoms with Crippen molar-refractivity contribution in [1.82, 2.24) is 0 Å². The van der Waals surface area contributed by atoms with Crippen molar-refractivity contribution in [1.29, 1.82) is 0 Å². The summed E-state index contributed by atoms with van der Waals surface area (Å²) in [5.41, 5.74) is -1.15. The zero-order chi connectivity index (χ0) is 27.7. The van der Waals surface area contributed by atoms with Gasteiger partial charge in [-0.05, 0) is 80.1 Å². The summed E-state index contributed by atoms with van der Waals surface area (Å²) in [4.78, 5) is 24.2. The summed E-state index contributed by atoms with van der Waals surface area (Å²) in [6, 6.07) is 0. The summed E-state index contributed by atoms with van der Waals surface area (Å²) in [5.74, 6) is 0.156. The maximum absolute atomic E-state index is 13.0. The number of fused-ring (bicyclic) bond motifs is 1. The van der Waals surface area contributed by atoms with Gasteiger partial charge in [-0.1, -0.05) is 59.8 Å². The second kappa shape index (κ2) is 11.6. The maximum Gasteiger partial charge on any atom is 0.331 e. The molecule has 1 aliphatic heterocycles. The highest BCUT2D eigenvalue weighted by molar-refractivity contribution is 5.85. The third kappa shape index (κ3) is 5.33. The number of hydrogen-bond acceptors (Lipinski definition) is 6. The molecule has 4 aliphatic rings. The van der Waals surface area contributed by atoms with Crippen molar-refractivity contribution in [2.24, 2.45) is 34.5 Å². The molecule has 1 heterocycles. The molecule has 0 amide bonds. The lowest BCUT2D eigenvalue weighted by molar-refractivity contribution is -0.301. The van der Waals surface area contributed by atoms with Crippen LogP contribution in [-0.4, -0.2) is 46.6 Å². The van der Waals surface area contributed by atoms with Crippen LogP contribution in [0.15, 0.2) is 11.6 Å². The molecule has 3 aliphatic carbocycles. The number of aliphatic hydroxyl groups is 2. The highest BCUT2D eigenvalue weighted by Gasteiger charge is 2.71. The molecule has 6 heteroatoms. The fourth-order valence-corrected chi connectivity index (χ4v) is 9.39. The van der Waals surface area contributed by atoms with E-state index in [1.54, 1.807) is 6.08 Å². The summed E-state index contributed by atoms with van der Waals surface area (Å²) in [7, 11) is 0. The number of aliphatic hydroxyl groups excluding tert-OH is 1. The Labute approximate surface area is 229 Å². The van der Waals surface area contributed by atoms with Crippen LogP contribution in [0, 0.1) is 34.5 Å². The molecule has 38 heavy (non-hydrogen) atoms. The number of rotatable bonds is 9. The van der Waals surface area contributed by atoms with E-state index >= 15 is 0 Å². The van der Waals surface area contributed by atoms with E-state index in [0.29, 0.717) is 43.9 Å². The number of hydrogen-bond donors (Lipinski definition) is 2. The van der Waals surface area contributed by atoms with Crippen LogP contribution >= 0.6 is 0 Å². The standard InChI is InChI=1S/C32H52O6/c1-21(2)10-9-15-31-27(34)14-16-30(5,25-11-7-6-8-12-25)29(31)26(38-23(4)33)18-22(3)32(31,36)17-13-24-19-28(35)37-20-24/h19,21-22,25-27,29,34,36H,6-18,20H2,1-5H3/t22-,26-,27+,29+,30+,31+,32-/m1/s1. The molecule has 0 aromatic rings. The Kier molecular flexibility index (Phi) is 9.03. The van der Waals surface area contributed by atoms with E-state index in [4.69, 9.17) is 9.47 Å². The van der Waals surface area contributed by atoms with Gasteiger partial charge in [0, 0.05) is 24.3 Å². The minimum atomic E-state index is -1.15. The molecule has 0 aromatic heterocycles. The Morgan fingerprint density at radius 2 is 1.89 bits per heavy atom. The Balaban J connectivity index is 1.83. The zero-order valence-corrected chi connectivity index (χ0v) is 24.5. The number of carbonyl (C=O) groups excluding carboxylic acids is 2. The van der Waals surface area contributed by atoms with Gasteiger partial charge in [-0.25, -0.2) is 4.79 Å². The molecule has 216 valence electrons. The molecule has 0 radical (unpaired) electrons. The fraction of sp³-hybridized carbons (Fsp3) is 0.875. The van der Waals surface area contributed by atoms with Gasteiger partial charge in [0.2, 0.25) is 0 Å². The fourth-order valence-electron chi connectivity index (χ4n) is 9.39. The van der Waals surface area contributed by atoms with Crippen LogP contribution in [0.3, 0.4) is 0 Å². The normalized spacial score (nSPS) is 40.0. The molecule has 0 aromatic carbocycles. The van der Waals surface area contributed by atoms with Crippen molar-refractivity contribution in [3.05, 3.63) is 11.6 Å². The van der Waals surface area contributed by atoms with Gasteiger partial charge in [-0.15, -0.1) is 0 Å². The Morgan fingerprint density at radius 1 is 1.18 bits per heavy atom. The van der Waals surface area contributed by atoms with Crippen molar-refractivity contribution in [2.45, 2.75) is 136 Å². The van der Waals surface area contributed by atoms with Crippen LogP contribution < -0.4 is 0 Å². The van der Waals surface area contributed by atoms with E-state index < -0.39 is 17.1 Å². The van der Waals surface area contributed by atoms with Crippen LogP contribution in [0.5, 0.6) is 0 Å². The van der Waals surface area contributed by atoms with E-state index in [9.17, 15) is 19.8 Å². The van der Waals surface area contributed by atoms with Crippen LogP contribution in [-0.2, 0) is 19.1 Å². The minimum absolute atomic E-state index is 0.116. The van der Waals surface area contributed by atoms with E-state index in [1.807, 2.05) is 0 Å². The minimum Gasteiger partial charge on any atom is -0.462 e. The Morgan fingerprint density at radius 3 is 2.50 bits per heavy atom. The van der Waals surface area contributed by atoms with Crippen LogP contribution in [0.4, 0.5) is 0 Å². The summed E-state index contributed by atoms with van der Waals surface area (Å²) in [6.45, 7) is 10.7. The van der Waals surface area contributed by atoms with Gasteiger partial charge in [0.25, 0.3) is 0 Å². The van der Waals surface area contributed by atoms with E-state index in [1.165, 1.54) is 26.2 Å². The number of ether oxygens (including phenoxy) is 2. The third-order valence-electron chi connectivity index (χ3n) is 11.2. The lowest BCUT2D eigenvalue weighted by Crippen LogP contribution is -2.73. The van der Waals surface area contributed by atoms with Crippen molar-refractivity contribution in [3.8, 4) is 0 Å². The van der Waals surface area contributed by atoms with Gasteiger partial charge >= 0.3 is 11.9 Å². The smallest absolute Gasteiger partial charge is 0.331 e. The highest BCUT2D eigenvalue weighted by Crippen LogP contribution is 2.69. The van der Waals surface area contributed by atoms with Gasteiger partial charge in [-0.2, -0.15) is 0 Å². The molecule has 3 saturated carbocycles. The van der Waals surface area contributed by atoms with Crippen molar-refractivity contribution >= 4 is 11.9 Å². The molecule has 6 nitrogen and oxygen atoms in total. The largest absolute Gasteiger partial charge is 0.462 e. The molecule has 0 unspecified atom stereocenters. The number of esters is 2. The van der Waals surface area contributed by atoms with Crippen molar-refractivity contribution in [2.75, 3.05) is 6.61 Å². The molecule has 3 fully saturated rings. The van der Waals surface area contributed by atoms with Crippen LogP contribution in [0.2, 0.25) is 0 Å². The molecule has 2 N–H and O–H groups in total. The van der Waals surface area contributed by atoms with E-state index in [0.717, 1.165) is 37.7 Å². The first-order chi connectivity index (χ1) is 17.9. The van der Waals surface area contributed by atoms with Crippen LogP contribution in [0.1, 0.15) is 118 Å². The second-order valence-electron chi connectivity index (χ2n) is 13.8. The molecule has 7 atom stereocenters. The lowest BCUT2D eigenvalue weighted by Gasteiger charge is -2.69. The predicted molar refractivity (Wildman–Crippen MR) is 147 cm³/mol. The monoisotopic (exact) mass is 532 g/mol. The average molecular weight is 533 g/mol. The number of cyclic esters (lactones) is 1. The Bertz CT molecular complexity index is 890. The van der Waals surface area contributed by atoms with Gasteiger partial charge in [0.05, 0.1) is 11.7 Å². The van der Waals surface area contributed by atoms with E-state index in [-0.39, 0.29) is 41.9 Å². The predicted octanol–water partition coefficient (Wildman–Crippen LogP) is 6.12. The van der Waals surface area contributed by atoms with Gasteiger partial charge in [0.1, 0.15) is 12.7 Å². The van der Waals surface area contributed by atoms with Crippen molar-refractivity contribution in [3.63, 3.8) is 0 Å². The van der Waals surface area contributed by atoms with Gasteiger partial charge in [0.15, 0.2) is 0 Å². The molecule has 0 spiro atoms. The molecule has 0 saturated heterocycles. The SMILES string of the molecule is CC(=O)O[C@@H]1C[C@@H](C)[C@](O)(CCC2=CC(=O)OC2)[C@]2(CCCC(C)C)[C@@H]1[C@](C)(C1CCCCC1)CC[C@@H]2O. The summed E-state index contributed by atoms with van der Waals surface area (Å²) in [5, 5.41) is 25.1. The highest BCUT2D eigenvalue weighted by atomic mass is 16.5. The summed E-state index contributed by atoms with van der Waals surface area (Å²) >= 11 is 0. The number of carbonyl (C=O) groups is 2. The summed E-state index contributed by atoms with van der Waals surface area (Å²) in [6.07, 6.45) is 12.5. The maximum atomic E-state index is 13.0. The third-order valence-corrected chi connectivity index (χ3v) is 11.2. The molecule has 4 rings (SSSR count). The first-order valence-corrected chi connectivity index (χ1v) is 15.4. The van der Waals surface area contributed by atoms with Crippen LogP contribution in [0.25, 0.3) is 0 Å². The first kappa shape index (κ1) is 29.6. The van der Waals surface area contributed by atoms with Crippen molar-refractivity contribution < 1.29 is 29.3 Å². The van der Waals surface area contributed by atoms with E-state index in [2.05, 4.69) is 27.7 Å². The molecular formula is C32H52O6. The average Bonchev–Trinajstić information content (AvgIpc) is 3.28. The Hall–Kier alpha value is -1.40.